The number of benzene rings is 1. The standard InChI is InChI=1S/C14H12BrNO2/c1-10-5-6-14(13(8-17)16-10)18-9-11-3-2-4-12(15)7-11/h2-8H,9H2,1H3. The van der Waals surface area contributed by atoms with Gasteiger partial charge in [-0.2, -0.15) is 0 Å². The molecule has 1 heterocycles. The molecular weight excluding hydrogens is 294 g/mol. The van der Waals surface area contributed by atoms with Gasteiger partial charge in [-0.3, -0.25) is 4.79 Å². The third-order valence-corrected chi connectivity index (χ3v) is 2.91. The molecule has 0 saturated carbocycles. The van der Waals surface area contributed by atoms with Crippen molar-refractivity contribution in [2.75, 3.05) is 0 Å². The molecular formula is C14H12BrNO2. The molecule has 0 bridgehead atoms. The van der Waals surface area contributed by atoms with Crippen molar-refractivity contribution in [1.82, 2.24) is 4.98 Å². The van der Waals surface area contributed by atoms with Gasteiger partial charge in [0.05, 0.1) is 0 Å². The highest BCUT2D eigenvalue weighted by Gasteiger charge is 2.05. The summed E-state index contributed by atoms with van der Waals surface area (Å²) >= 11 is 3.40. The maximum atomic E-state index is 10.9. The van der Waals surface area contributed by atoms with Gasteiger partial charge in [0.15, 0.2) is 6.29 Å². The fraction of sp³-hybridized carbons (Fsp3) is 0.143. The molecule has 0 saturated heterocycles. The first-order valence-electron chi connectivity index (χ1n) is 5.49. The number of hydrogen-bond acceptors (Lipinski definition) is 3. The summed E-state index contributed by atoms with van der Waals surface area (Å²) < 4.78 is 6.61. The highest BCUT2D eigenvalue weighted by Crippen LogP contribution is 2.18. The Morgan fingerprint density at radius 3 is 2.89 bits per heavy atom. The van der Waals surface area contributed by atoms with Gasteiger partial charge in [0.2, 0.25) is 0 Å². The number of aldehydes is 1. The molecule has 92 valence electrons. The van der Waals surface area contributed by atoms with Gasteiger partial charge in [0.25, 0.3) is 0 Å². The van der Waals surface area contributed by atoms with Crippen LogP contribution in [0.4, 0.5) is 0 Å². The van der Waals surface area contributed by atoms with Crippen LogP contribution < -0.4 is 4.74 Å². The highest BCUT2D eigenvalue weighted by atomic mass is 79.9. The molecule has 0 radical (unpaired) electrons. The lowest BCUT2D eigenvalue weighted by Crippen LogP contribution is -2.00. The van der Waals surface area contributed by atoms with E-state index in [1.807, 2.05) is 37.3 Å². The van der Waals surface area contributed by atoms with Crippen LogP contribution in [0.15, 0.2) is 40.9 Å². The molecule has 0 fully saturated rings. The predicted molar refractivity (Wildman–Crippen MR) is 72.8 cm³/mol. The van der Waals surface area contributed by atoms with Crippen molar-refractivity contribution in [3.05, 3.63) is 57.8 Å². The molecule has 0 aliphatic rings. The minimum absolute atomic E-state index is 0.338. The zero-order chi connectivity index (χ0) is 13.0. The van der Waals surface area contributed by atoms with Crippen LogP contribution >= 0.6 is 15.9 Å². The molecule has 0 aliphatic heterocycles. The van der Waals surface area contributed by atoms with Gasteiger partial charge in [-0.15, -0.1) is 0 Å². The molecule has 1 aromatic carbocycles. The lowest BCUT2D eigenvalue weighted by Gasteiger charge is -2.08. The van der Waals surface area contributed by atoms with Gasteiger partial charge in [0, 0.05) is 10.2 Å². The SMILES string of the molecule is Cc1ccc(OCc2cccc(Br)c2)c(C=O)n1. The highest BCUT2D eigenvalue weighted by molar-refractivity contribution is 9.10. The second kappa shape index (κ2) is 5.78. The Kier molecular flexibility index (Phi) is 4.10. The summed E-state index contributed by atoms with van der Waals surface area (Å²) in [5.74, 6) is 0.510. The number of carbonyl (C=O) groups excluding carboxylic acids is 1. The first kappa shape index (κ1) is 12.8. The van der Waals surface area contributed by atoms with E-state index >= 15 is 0 Å². The molecule has 0 N–H and O–H groups in total. The number of pyridine rings is 1. The second-order valence-electron chi connectivity index (χ2n) is 3.87. The van der Waals surface area contributed by atoms with Gasteiger partial charge in [0.1, 0.15) is 18.1 Å². The topological polar surface area (TPSA) is 39.2 Å². The summed E-state index contributed by atoms with van der Waals surface area (Å²) in [6.07, 6.45) is 0.712. The van der Waals surface area contributed by atoms with Crippen LogP contribution in [0.3, 0.4) is 0 Å². The maximum absolute atomic E-state index is 10.9. The van der Waals surface area contributed by atoms with E-state index < -0.39 is 0 Å². The Hall–Kier alpha value is -1.68. The Labute approximate surface area is 114 Å². The monoisotopic (exact) mass is 305 g/mol. The van der Waals surface area contributed by atoms with Crippen molar-refractivity contribution >= 4 is 22.2 Å². The Balaban J connectivity index is 2.13. The number of aromatic nitrogens is 1. The summed E-state index contributed by atoms with van der Waals surface area (Å²) in [6.45, 7) is 2.25. The van der Waals surface area contributed by atoms with Crippen molar-refractivity contribution in [2.45, 2.75) is 13.5 Å². The van der Waals surface area contributed by atoms with E-state index in [2.05, 4.69) is 20.9 Å². The summed E-state index contributed by atoms with van der Waals surface area (Å²) in [4.78, 5) is 15.0. The number of carbonyl (C=O) groups is 1. The van der Waals surface area contributed by atoms with Crippen LogP contribution in [0.1, 0.15) is 21.7 Å². The first-order chi connectivity index (χ1) is 8.69. The van der Waals surface area contributed by atoms with Crippen molar-refractivity contribution in [3.8, 4) is 5.75 Å². The third kappa shape index (κ3) is 3.17. The molecule has 0 aliphatic carbocycles. The Bertz CT molecular complexity index is 569. The van der Waals surface area contributed by atoms with E-state index in [0.29, 0.717) is 24.3 Å². The summed E-state index contributed by atoms with van der Waals surface area (Å²) in [5, 5.41) is 0. The average Bonchev–Trinajstić information content (AvgIpc) is 2.37. The number of hydrogen-bond donors (Lipinski definition) is 0. The molecule has 2 rings (SSSR count). The smallest absolute Gasteiger partial charge is 0.172 e. The minimum atomic E-state index is 0.338. The predicted octanol–water partition coefficient (Wildman–Crippen LogP) is 3.54. The number of rotatable bonds is 4. The molecule has 18 heavy (non-hydrogen) atoms. The van der Waals surface area contributed by atoms with E-state index in [9.17, 15) is 4.79 Å². The van der Waals surface area contributed by atoms with E-state index in [0.717, 1.165) is 15.7 Å². The third-order valence-electron chi connectivity index (χ3n) is 2.42. The second-order valence-corrected chi connectivity index (χ2v) is 4.79. The van der Waals surface area contributed by atoms with Crippen LogP contribution in [-0.4, -0.2) is 11.3 Å². The zero-order valence-electron chi connectivity index (χ0n) is 9.89. The van der Waals surface area contributed by atoms with Crippen LogP contribution in [0, 0.1) is 6.92 Å². The van der Waals surface area contributed by atoms with Crippen molar-refractivity contribution < 1.29 is 9.53 Å². The maximum Gasteiger partial charge on any atom is 0.172 e. The van der Waals surface area contributed by atoms with Crippen molar-refractivity contribution in [2.24, 2.45) is 0 Å². The average molecular weight is 306 g/mol. The number of aryl methyl sites for hydroxylation is 1. The number of ether oxygens (including phenoxy) is 1. The van der Waals surface area contributed by atoms with E-state index in [4.69, 9.17) is 4.74 Å². The van der Waals surface area contributed by atoms with Crippen LogP contribution in [0.25, 0.3) is 0 Å². The van der Waals surface area contributed by atoms with E-state index in [1.54, 1.807) is 6.07 Å². The molecule has 1 aromatic heterocycles. The van der Waals surface area contributed by atoms with Gasteiger partial charge in [-0.1, -0.05) is 28.1 Å². The molecule has 0 atom stereocenters. The summed E-state index contributed by atoms with van der Waals surface area (Å²) in [6, 6.07) is 11.4. The van der Waals surface area contributed by atoms with Gasteiger partial charge < -0.3 is 4.74 Å². The fourth-order valence-electron chi connectivity index (χ4n) is 1.56. The molecule has 0 unspecified atom stereocenters. The molecule has 4 heteroatoms. The molecule has 2 aromatic rings. The Morgan fingerprint density at radius 2 is 2.17 bits per heavy atom. The number of nitrogens with zero attached hydrogens (tertiary/aromatic N) is 1. The van der Waals surface area contributed by atoms with Crippen molar-refractivity contribution in [1.29, 1.82) is 0 Å². The fourth-order valence-corrected chi connectivity index (χ4v) is 2.00. The number of halogens is 1. The quantitative estimate of drug-likeness (QED) is 0.811. The zero-order valence-corrected chi connectivity index (χ0v) is 11.5. The molecule has 0 spiro atoms. The van der Waals surface area contributed by atoms with Crippen LogP contribution in [0.5, 0.6) is 5.75 Å². The van der Waals surface area contributed by atoms with Crippen LogP contribution in [-0.2, 0) is 6.61 Å². The lowest BCUT2D eigenvalue weighted by molar-refractivity contribution is 0.111. The minimum Gasteiger partial charge on any atom is -0.487 e. The van der Waals surface area contributed by atoms with Gasteiger partial charge >= 0.3 is 0 Å². The van der Waals surface area contributed by atoms with Crippen molar-refractivity contribution in [3.63, 3.8) is 0 Å². The lowest BCUT2D eigenvalue weighted by atomic mass is 10.2. The largest absolute Gasteiger partial charge is 0.487 e. The first-order valence-corrected chi connectivity index (χ1v) is 6.28. The molecule has 3 nitrogen and oxygen atoms in total. The summed E-state index contributed by atoms with van der Waals surface area (Å²) in [5.41, 5.74) is 2.17. The van der Waals surface area contributed by atoms with E-state index in [1.165, 1.54) is 0 Å². The summed E-state index contributed by atoms with van der Waals surface area (Å²) in [7, 11) is 0. The molecule has 0 amide bonds. The van der Waals surface area contributed by atoms with Gasteiger partial charge in [-0.25, -0.2) is 4.98 Å². The van der Waals surface area contributed by atoms with Crippen LogP contribution in [0.2, 0.25) is 0 Å². The van der Waals surface area contributed by atoms with E-state index in [-0.39, 0.29) is 0 Å². The van der Waals surface area contributed by atoms with Gasteiger partial charge in [-0.05, 0) is 36.8 Å². The normalized spacial score (nSPS) is 10.1. The Morgan fingerprint density at radius 1 is 1.33 bits per heavy atom.